The predicted molar refractivity (Wildman–Crippen MR) is 95.7 cm³/mol. The molecular weight excluding hydrogens is 364 g/mol. The molecule has 0 aliphatic heterocycles. The Morgan fingerprint density at radius 2 is 1.91 bits per heavy atom. The van der Waals surface area contributed by atoms with Crippen molar-refractivity contribution in [2.24, 2.45) is 0 Å². The van der Waals surface area contributed by atoms with E-state index in [2.05, 4.69) is 39.4 Å². The molecule has 0 aliphatic rings. The van der Waals surface area contributed by atoms with Crippen LogP contribution in [0.25, 0.3) is 0 Å². The molecule has 22 heavy (non-hydrogen) atoms. The van der Waals surface area contributed by atoms with E-state index < -0.39 is 10.0 Å². The molecule has 0 fully saturated rings. The number of nitrogens with zero attached hydrogens (tertiary/aromatic N) is 1. The van der Waals surface area contributed by atoms with Gasteiger partial charge in [-0.1, -0.05) is 29.8 Å². The molecule has 0 amide bonds. The van der Waals surface area contributed by atoms with Gasteiger partial charge in [0.2, 0.25) is 10.0 Å². The van der Waals surface area contributed by atoms with E-state index in [1.165, 1.54) is 0 Å². The fraction of sp³-hybridized carbons (Fsp3) is 0.625. The van der Waals surface area contributed by atoms with Crippen LogP contribution in [0.15, 0.2) is 27.6 Å². The van der Waals surface area contributed by atoms with E-state index in [1.54, 1.807) is 18.2 Å². The average molecular weight is 391 g/mol. The van der Waals surface area contributed by atoms with E-state index in [0.29, 0.717) is 4.90 Å². The van der Waals surface area contributed by atoms with Crippen LogP contribution in [0.5, 0.6) is 0 Å². The second-order valence-corrected chi connectivity index (χ2v) is 8.17. The van der Waals surface area contributed by atoms with Crippen molar-refractivity contribution in [3.63, 3.8) is 0 Å². The summed E-state index contributed by atoms with van der Waals surface area (Å²) in [6, 6.07) is 5.02. The van der Waals surface area contributed by atoms with Gasteiger partial charge in [-0.2, -0.15) is 0 Å². The van der Waals surface area contributed by atoms with Gasteiger partial charge in [0.05, 0.1) is 4.90 Å². The minimum atomic E-state index is -3.45. The maximum absolute atomic E-state index is 12.4. The van der Waals surface area contributed by atoms with Crippen molar-refractivity contribution in [1.82, 2.24) is 9.62 Å². The molecular formula is C16H27BrN2O2S. The SMILES string of the molecule is CCN(CC)CCC[C@H](C)NS(=O)(=O)c1ccc(Br)c(C)c1. The zero-order valence-corrected chi connectivity index (χ0v) is 16.3. The van der Waals surface area contributed by atoms with Gasteiger partial charge in [0.25, 0.3) is 0 Å². The van der Waals surface area contributed by atoms with Gasteiger partial charge in [-0.05, 0) is 70.1 Å². The third-order valence-electron chi connectivity index (χ3n) is 3.80. The monoisotopic (exact) mass is 390 g/mol. The molecule has 0 aliphatic carbocycles. The smallest absolute Gasteiger partial charge is 0.240 e. The number of nitrogens with one attached hydrogen (secondary N) is 1. The fourth-order valence-corrected chi connectivity index (χ4v) is 3.95. The standard InChI is InChI=1S/C16H27BrN2O2S/c1-5-19(6-2)11-7-8-14(4)18-22(20,21)15-9-10-16(17)13(3)12-15/h9-10,12,14,18H,5-8,11H2,1-4H3/t14-/m0/s1. The van der Waals surface area contributed by atoms with Crippen LogP contribution in [0.4, 0.5) is 0 Å². The maximum Gasteiger partial charge on any atom is 0.240 e. The second kappa shape index (κ2) is 9.01. The minimum Gasteiger partial charge on any atom is -0.304 e. The first-order valence-corrected chi connectivity index (χ1v) is 10.1. The number of aryl methyl sites for hydroxylation is 1. The number of halogens is 1. The van der Waals surface area contributed by atoms with Crippen LogP contribution >= 0.6 is 15.9 Å². The first-order valence-electron chi connectivity index (χ1n) is 7.81. The van der Waals surface area contributed by atoms with Gasteiger partial charge in [0.1, 0.15) is 0 Å². The van der Waals surface area contributed by atoms with Crippen LogP contribution in [-0.4, -0.2) is 39.0 Å². The van der Waals surface area contributed by atoms with Gasteiger partial charge in [-0.3, -0.25) is 0 Å². The van der Waals surface area contributed by atoms with Crippen LogP contribution in [0.1, 0.15) is 39.2 Å². The Balaban J connectivity index is 2.58. The molecule has 1 N–H and O–H groups in total. The number of hydrogen-bond donors (Lipinski definition) is 1. The third-order valence-corrected chi connectivity index (χ3v) is 6.28. The summed E-state index contributed by atoms with van der Waals surface area (Å²) in [4.78, 5) is 2.67. The van der Waals surface area contributed by atoms with Gasteiger partial charge in [-0.15, -0.1) is 0 Å². The van der Waals surface area contributed by atoms with Crippen molar-refractivity contribution in [2.45, 2.75) is 51.5 Å². The van der Waals surface area contributed by atoms with Crippen LogP contribution in [-0.2, 0) is 10.0 Å². The molecule has 0 spiro atoms. The first kappa shape index (κ1) is 19.6. The minimum absolute atomic E-state index is 0.0653. The molecule has 6 heteroatoms. The van der Waals surface area contributed by atoms with E-state index in [4.69, 9.17) is 0 Å². The second-order valence-electron chi connectivity index (χ2n) is 5.60. The molecule has 1 aromatic rings. The molecule has 1 rings (SSSR count). The molecule has 0 saturated heterocycles. The zero-order chi connectivity index (χ0) is 16.8. The van der Waals surface area contributed by atoms with Crippen molar-refractivity contribution in [2.75, 3.05) is 19.6 Å². The van der Waals surface area contributed by atoms with Gasteiger partial charge < -0.3 is 4.90 Å². The van der Waals surface area contributed by atoms with Gasteiger partial charge in [0, 0.05) is 10.5 Å². The molecule has 0 saturated carbocycles. The quantitative estimate of drug-likeness (QED) is 0.701. The Bertz CT molecular complexity index is 572. The first-order chi connectivity index (χ1) is 10.3. The van der Waals surface area contributed by atoms with Crippen LogP contribution in [0.2, 0.25) is 0 Å². The highest BCUT2D eigenvalue weighted by molar-refractivity contribution is 9.10. The number of hydrogen-bond acceptors (Lipinski definition) is 3. The molecule has 1 atom stereocenters. The normalized spacial score (nSPS) is 13.5. The summed E-state index contributed by atoms with van der Waals surface area (Å²) < 4.78 is 28.4. The van der Waals surface area contributed by atoms with Crippen molar-refractivity contribution < 1.29 is 8.42 Å². The van der Waals surface area contributed by atoms with Crippen molar-refractivity contribution >= 4 is 26.0 Å². The third kappa shape index (κ3) is 5.99. The molecule has 0 radical (unpaired) electrons. The highest BCUT2D eigenvalue weighted by atomic mass is 79.9. The molecule has 126 valence electrons. The van der Waals surface area contributed by atoms with Crippen LogP contribution < -0.4 is 4.72 Å². The summed E-state index contributed by atoms with van der Waals surface area (Å²) in [6.45, 7) is 11.2. The summed E-state index contributed by atoms with van der Waals surface area (Å²) in [5, 5.41) is 0. The molecule has 0 aromatic heterocycles. The lowest BCUT2D eigenvalue weighted by molar-refractivity contribution is 0.293. The summed E-state index contributed by atoms with van der Waals surface area (Å²) in [6.07, 6.45) is 1.83. The molecule has 4 nitrogen and oxygen atoms in total. The molecule has 0 heterocycles. The fourth-order valence-electron chi connectivity index (χ4n) is 2.34. The van der Waals surface area contributed by atoms with E-state index in [9.17, 15) is 8.42 Å². The Hall–Kier alpha value is -0.430. The van der Waals surface area contributed by atoms with Crippen molar-refractivity contribution in [3.05, 3.63) is 28.2 Å². The molecule has 0 unspecified atom stereocenters. The number of benzene rings is 1. The molecule has 0 bridgehead atoms. The Labute approximate surface area is 143 Å². The summed E-state index contributed by atoms with van der Waals surface area (Å²) >= 11 is 3.39. The highest BCUT2D eigenvalue weighted by Gasteiger charge is 2.18. The van der Waals surface area contributed by atoms with Crippen molar-refractivity contribution in [3.8, 4) is 0 Å². The Kier molecular flexibility index (Phi) is 8.03. The molecule has 1 aromatic carbocycles. The average Bonchev–Trinajstić information content (AvgIpc) is 2.46. The van der Waals surface area contributed by atoms with E-state index in [1.807, 2.05) is 13.8 Å². The Morgan fingerprint density at radius 3 is 2.45 bits per heavy atom. The lowest BCUT2D eigenvalue weighted by Gasteiger charge is -2.20. The lowest BCUT2D eigenvalue weighted by atomic mass is 10.2. The number of sulfonamides is 1. The predicted octanol–water partition coefficient (Wildman–Crippen LogP) is 3.55. The van der Waals surface area contributed by atoms with Crippen LogP contribution in [0.3, 0.4) is 0 Å². The Morgan fingerprint density at radius 1 is 1.27 bits per heavy atom. The highest BCUT2D eigenvalue weighted by Crippen LogP contribution is 2.20. The summed E-state index contributed by atoms with van der Waals surface area (Å²) in [5.74, 6) is 0. The van der Waals surface area contributed by atoms with Crippen LogP contribution in [0, 0.1) is 6.92 Å². The van der Waals surface area contributed by atoms with Crippen molar-refractivity contribution in [1.29, 1.82) is 0 Å². The maximum atomic E-state index is 12.4. The van der Waals surface area contributed by atoms with Gasteiger partial charge in [-0.25, -0.2) is 13.1 Å². The largest absolute Gasteiger partial charge is 0.304 e. The van der Waals surface area contributed by atoms with E-state index in [0.717, 1.165) is 42.5 Å². The van der Waals surface area contributed by atoms with E-state index >= 15 is 0 Å². The topological polar surface area (TPSA) is 49.4 Å². The summed E-state index contributed by atoms with van der Waals surface area (Å²) in [5.41, 5.74) is 0.914. The van der Waals surface area contributed by atoms with Gasteiger partial charge in [0.15, 0.2) is 0 Å². The zero-order valence-electron chi connectivity index (χ0n) is 13.9. The lowest BCUT2D eigenvalue weighted by Crippen LogP contribution is -2.33. The van der Waals surface area contributed by atoms with Gasteiger partial charge >= 0.3 is 0 Å². The number of rotatable bonds is 9. The van der Waals surface area contributed by atoms with E-state index in [-0.39, 0.29) is 6.04 Å². The summed E-state index contributed by atoms with van der Waals surface area (Å²) in [7, 11) is -3.45.